The van der Waals surface area contributed by atoms with E-state index in [-0.39, 0.29) is 16.3 Å². The van der Waals surface area contributed by atoms with Crippen molar-refractivity contribution >= 4 is 38.3 Å². The number of anilines is 2. The third kappa shape index (κ3) is 3.14. The number of sulfonamides is 1. The number of amides is 1. The van der Waals surface area contributed by atoms with Gasteiger partial charge in [0.25, 0.3) is 10.0 Å². The van der Waals surface area contributed by atoms with Crippen LogP contribution < -0.4 is 10.0 Å². The smallest absolute Gasteiger partial charge is 0.264 e. The van der Waals surface area contributed by atoms with Crippen molar-refractivity contribution in [3.63, 3.8) is 0 Å². The first kappa shape index (κ1) is 15.0. The van der Waals surface area contributed by atoms with Gasteiger partial charge in [0.2, 0.25) is 5.91 Å². The molecular weight excluding hydrogens is 320 g/mol. The summed E-state index contributed by atoms with van der Waals surface area (Å²) in [6.45, 7) is 1.37. The van der Waals surface area contributed by atoms with Gasteiger partial charge in [-0.2, -0.15) is 0 Å². The Morgan fingerprint density at radius 3 is 2.61 bits per heavy atom. The molecule has 0 spiro atoms. The number of aromatic nitrogens is 2. The van der Waals surface area contributed by atoms with Gasteiger partial charge in [0.05, 0.1) is 5.69 Å². The van der Waals surface area contributed by atoms with Gasteiger partial charge in [0, 0.05) is 12.6 Å². The molecule has 1 heterocycles. The average Bonchev–Trinajstić information content (AvgIpc) is 2.94. The normalized spacial score (nSPS) is 11.3. The van der Waals surface area contributed by atoms with Gasteiger partial charge in [-0.05, 0) is 40.6 Å². The lowest BCUT2D eigenvalue weighted by Gasteiger charge is -2.09. The van der Waals surface area contributed by atoms with Gasteiger partial charge in [0.15, 0.2) is 5.52 Å². The maximum atomic E-state index is 12.5. The van der Waals surface area contributed by atoms with Crippen LogP contribution in [0.4, 0.5) is 11.4 Å². The number of carbonyl (C=O) groups is 1. The van der Waals surface area contributed by atoms with Gasteiger partial charge in [0.1, 0.15) is 10.4 Å². The number of benzene rings is 2. The molecule has 0 radical (unpaired) electrons. The van der Waals surface area contributed by atoms with E-state index in [1.54, 1.807) is 30.3 Å². The molecule has 1 aromatic heterocycles. The van der Waals surface area contributed by atoms with Crippen molar-refractivity contribution < 1.29 is 17.8 Å². The maximum Gasteiger partial charge on any atom is 0.264 e. The summed E-state index contributed by atoms with van der Waals surface area (Å²) in [5.41, 5.74) is 1.29. The summed E-state index contributed by atoms with van der Waals surface area (Å²) in [7, 11) is -3.88. The Morgan fingerprint density at radius 2 is 1.83 bits per heavy atom. The topological polar surface area (TPSA) is 114 Å². The summed E-state index contributed by atoms with van der Waals surface area (Å²) in [6.07, 6.45) is 0. The van der Waals surface area contributed by atoms with Gasteiger partial charge >= 0.3 is 0 Å². The van der Waals surface area contributed by atoms with E-state index in [1.165, 1.54) is 19.1 Å². The molecule has 0 saturated heterocycles. The summed E-state index contributed by atoms with van der Waals surface area (Å²) < 4.78 is 32.1. The highest BCUT2D eigenvalue weighted by atomic mass is 32.2. The van der Waals surface area contributed by atoms with Crippen LogP contribution in [-0.2, 0) is 14.8 Å². The third-order valence-corrected chi connectivity index (χ3v) is 4.39. The number of hydrogen-bond donors (Lipinski definition) is 2. The second-order valence-electron chi connectivity index (χ2n) is 4.76. The number of nitrogens with one attached hydrogen (secondary N) is 2. The first-order chi connectivity index (χ1) is 11.0. The van der Waals surface area contributed by atoms with Crippen LogP contribution >= 0.6 is 0 Å². The molecule has 23 heavy (non-hydrogen) atoms. The zero-order chi connectivity index (χ0) is 16.4. The van der Waals surface area contributed by atoms with Crippen molar-refractivity contribution in [2.24, 2.45) is 0 Å². The van der Waals surface area contributed by atoms with Crippen molar-refractivity contribution in [1.29, 1.82) is 0 Å². The van der Waals surface area contributed by atoms with Crippen molar-refractivity contribution in [2.45, 2.75) is 11.8 Å². The molecule has 2 N–H and O–H groups in total. The molecule has 0 unspecified atom stereocenters. The zero-order valence-electron chi connectivity index (χ0n) is 12.0. The van der Waals surface area contributed by atoms with Crippen LogP contribution in [0.2, 0.25) is 0 Å². The summed E-state index contributed by atoms with van der Waals surface area (Å²) in [5, 5.41) is 9.83. The van der Waals surface area contributed by atoms with Gasteiger partial charge in [-0.15, -0.1) is 0 Å². The molecular formula is C14H12N4O4S. The summed E-state index contributed by atoms with van der Waals surface area (Å²) in [4.78, 5) is 11.0. The van der Waals surface area contributed by atoms with E-state index in [0.717, 1.165) is 0 Å². The van der Waals surface area contributed by atoms with Crippen LogP contribution in [0.5, 0.6) is 0 Å². The van der Waals surface area contributed by atoms with Gasteiger partial charge in [-0.1, -0.05) is 12.1 Å². The van der Waals surface area contributed by atoms with E-state index in [4.69, 9.17) is 0 Å². The Hall–Kier alpha value is -2.94. The predicted molar refractivity (Wildman–Crippen MR) is 83.4 cm³/mol. The van der Waals surface area contributed by atoms with Crippen LogP contribution in [-0.4, -0.2) is 24.6 Å². The molecule has 0 saturated carbocycles. The van der Waals surface area contributed by atoms with Gasteiger partial charge in [-0.3, -0.25) is 9.52 Å². The summed E-state index contributed by atoms with van der Waals surface area (Å²) >= 11 is 0. The molecule has 0 aliphatic heterocycles. The van der Waals surface area contributed by atoms with Crippen molar-refractivity contribution in [2.75, 3.05) is 10.0 Å². The monoisotopic (exact) mass is 332 g/mol. The fourth-order valence-electron chi connectivity index (χ4n) is 2.07. The van der Waals surface area contributed by atoms with Crippen molar-refractivity contribution in [3.05, 3.63) is 42.5 Å². The molecule has 9 heteroatoms. The Balaban J connectivity index is 1.95. The van der Waals surface area contributed by atoms with E-state index in [0.29, 0.717) is 16.9 Å². The van der Waals surface area contributed by atoms with Crippen molar-refractivity contribution in [3.8, 4) is 0 Å². The predicted octanol–water partition coefficient (Wildman–Crippen LogP) is 1.98. The lowest BCUT2D eigenvalue weighted by molar-refractivity contribution is -0.114. The van der Waals surface area contributed by atoms with Crippen LogP contribution in [0.1, 0.15) is 6.92 Å². The lowest BCUT2D eigenvalue weighted by atomic mass is 10.3. The van der Waals surface area contributed by atoms with Crippen LogP contribution in [0, 0.1) is 0 Å². The fourth-order valence-corrected chi connectivity index (χ4v) is 3.27. The van der Waals surface area contributed by atoms with E-state index in [1.807, 2.05) is 0 Å². The Kier molecular flexibility index (Phi) is 3.70. The largest absolute Gasteiger partial charge is 0.326 e. The number of carbonyl (C=O) groups excluding carboxylic acids is 1. The van der Waals surface area contributed by atoms with Crippen molar-refractivity contribution in [1.82, 2.24) is 10.3 Å². The molecule has 2 aromatic carbocycles. The van der Waals surface area contributed by atoms with E-state index in [2.05, 4.69) is 25.0 Å². The molecule has 8 nitrogen and oxygen atoms in total. The minimum atomic E-state index is -3.88. The number of hydrogen-bond acceptors (Lipinski definition) is 6. The second kappa shape index (κ2) is 5.69. The molecule has 0 atom stereocenters. The van der Waals surface area contributed by atoms with E-state index < -0.39 is 10.0 Å². The number of fused-ring (bicyclic) bond motifs is 1. The SMILES string of the molecule is CC(=O)Nc1cccc(NS(=O)(=O)c2cccc3nonc23)c1. The van der Waals surface area contributed by atoms with Crippen LogP contribution in [0.3, 0.4) is 0 Å². The Bertz CT molecular complexity index is 981. The molecule has 3 rings (SSSR count). The molecule has 1 amide bonds. The summed E-state index contributed by atoms with van der Waals surface area (Å²) in [5.74, 6) is -0.247. The average molecular weight is 332 g/mol. The highest BCUT2D eigenvalue weighted by Gasteiger charge is 2.20. The number of rotatable bonds is 4. The first-order valence-corrected chi connectivity index (χ1v) is 8.06. The van der Waals surface area contributed by atoms with Gasteiger partial charge in [-0.25, -0.2) is 13.0 Å². The minimum absolute atomic E-state index is 0.0406. The highest BCUT2D eigenvalue weighted by molar-refractivity contribution is 7.93. The molecule has 0 bridgehead atoms. The molecule has 0 aliphatic carbocycles. The Labute approximate surface area is 131 Å². The maximum absolute atomic E-state index is 12.5. The Morgan fingerprint density at radius 1 is 1.09 bits per heavy atom. The molecule has 118 valence electrons. The molecule has 3 aromatic rings. The first-order valence-electron chi connectivity index (χ1n) is 6.57. The van der Waals surface area contributed by atoms with Crippen LogP contribution in [0.25, 0.3) is 11.0 Å². The quantitative estimate of drug-likeness (QED) is 0.755. The van der Waals surface area contributed by atoms with Gasteiger partial charge < -0.3 is 5.32 Å². The minimum Gasteiger partial charge on any atom is -0.326 e. The number of nitrogens with zero attached hydrogens (tertiary/aromatic N) is 2. The van der Waals surface area contributed by atoms with E-state index >= 15 is 0 Å². The lowest BCUT2D eigenvalue weighted by Crippen LogP contribution is -2.14. The second-order valence-corrected chi connectivity index (χ2v) is 6.41. The molecule has 0 fully saturated rings. The molecule has 0 aliphatic rings. The summed E-state index contributed by atoms with van der Waals surface area (Å²) in [6, 6.07) is 10.9. The highest BCUT2D eigenvalue weighted by Crippen LogP contribution is 2.23. The van der Waals surface area contributed by atoms with Crippen LogP contribution in [0.15, 0.2) is 52.0 Å². The van der Waals surface area contributed by atoms with E-state index in [9.17, 15) is 13.2 Å². The zero-order valence-corrected chi connectivity index (χ0v) is 12.8. The fraction of sp³-hybridized carbons (Fsp3) is 0.0714. The standard InChI is InChI=1S/C14H12N4O4S/c1-9(19)15-10-4-2-5-11(8-10)18-23(20,21)13-7-3-6-12-14(13)17-22-16-12/h2-8,18H,1H3,(H,15,19). The third-order valence-electron chi connectivity index (χ3n) is 2.97.